The van der Waals surface area contributed by atoms with Gasteiger partial charge in [-0.2, -0.15) is 0 Å². The highest BCUT2D eigenvalue weighted by Gasteiger charge is 2.22. The van der Waals surface area contributed by atoms with Crippen LogP contribution in [0.1, 0.15) is 25.6 Å². The number of thiazole rings is 1. The number of aliphatic hydroxyl groups excluding tert-OH is 1. The predicted octanol–water partition coefficient (Wildman–Crippen LogP) is 4.63. The van der Waals surface area contributed by atoms with Crippen molar-refractivity contribution in [3.05, 3.63) is 29.7 Å². The van der Waals surface area contributed by atoms with Crippen LogP contribution in [0, 0.1) is 6.92 Å². The van der Waals surface area contributed by atoms with Crippen LogP contribution >= 0.6 is 34.4 Å². The van der Waals surface area contributed by atoms with Crippen LogP contribution in [0.25, 0.3) is 32.2 Å². The Kier molecular flexibility index (Phi) is 7.28. The first-order valence-corrected chi connectivity index (χ1v) is 12.0. The first-order valence-electron chi connectivity index (χ1n) is 9.34. The fourth-order valence-corrected chi connectivity index (χ4v) is 5.98. The van der Waals surface area contributed by atoms with Crippen molar-refractivity contribution >= 4 is 50.3 Å². The Bertz CT molecular complexity index is 1070. The van der Waals surface area contributed by atoms with Gasteiger partial charge in [-0.1, -0.05) is 13.3 Å². The van der Waals surface area contributed by atoms with Crippen molar-refractivity contribution in [3.63, 3.8) is 0 Å². The summed E-state index contributed by atoms with van der Waals surface area (Å²) in [6, 6.07) is 2.11. The van der Waals surface area contributed by atoms with E-state index >= 15 is 0 Å². The molecule has 0 radical (unpaired) electrons. The molecule has 0 bridgehead atoms. The Balaban J connectivity index is 0.00000117. The van der Waals surface area contributed by atoms with Gasteiger partial charge in [0.1, 0.15) is 21.7 Å². The van der Waals surface area contributed by atoms with Crippen LogP contribution in [-0.2, 0) is 7.05 Å². The van der Waals surface area contributed by atoms with Crippen molar-refractivity contribution in [1.29, 1.82) is 0 Å². The van der Waals surface area contributed by atoms with Crippen molar-refractivity contribution in [2.24, 2.45) is 7.05 Å². The molecule has 6 nitrogen and oxygen atoms in total. The molecular formula is C20H26N5OS3+. The first kappa shape index (κ1) is 21.8. The Morgan fingerprint density at radius 3 is 2.76 bits per heavy atom. The second kappa shape index (κ2) is 9.71. The summed E-state index contributed by atoms with van der Waals surface area (Å²) in [6.45, 7) is 4.27. The fraction of sp³-hybridized carbons (Fsp3) is 0.350. The van der Waals surface area contributed by atoms with Gasteiger partial charge in [0.25, 0.3) is 5.82 Å². The minimum Gasteiger partial charge on any atom is -0.400 e. The number of thioether (sulfide) groups is 1. The van der Waals surface area contributed by atoms with E-state index in [2.05, 4.69) is 40.6 Å². The molecule has 0 atom stereocenters. The van der Waals surface area contributed by atoms with E-state index in [-0.39, 0.29) is 0 Å². The zero-order valence-electron chi connectivity index (χ0n) is 17.0. The topological polar surface area (TPSA) is 91.7 Å². The number of thiophene rings is 1. The van der Waals surface area contributed by atoms with Crippen molar-refractivity contribution in [1.82, 2.24) is 15.0 Å². The number of nitrogens with two attached hydrogens (primary N) is 1. The van der Waals surface area contributed by atoms with Gasteiger partial charge in [-0.15, -0.1) is 34.4 Å². The van der Waals surface area contributed by atoms with Gasteiger partial charge in [0.15, 0.2) is 5.69 Å². The number of pyridine rings is 1. The number of aromatic amines is 1. The minimum atomic E-state index is 0.846. The molecule has 0 saturated carbocycles. The summed E-state index contributed by atoms with van der Waals surface area (Å²) in [5.74, 6) is 2.18. The van der Waals surface area contributed by atoms with E-state index in [4.69, 9.17) is 15.8 Å². The number of hydrogen-bond acceptors (Lipinski definition) is 7. The molecule has 4 aromatic heterocycles. The van der Waals surface area contributed by atoms with Gasteiger partial charge in [-0.3, -0.25) is 0 Å². The predicted molar refractivity (Wildman–Crippen MR) is 125 cm³/mol. The van der Waals surface area contributed by atoms with Crippen molar-refractivity contribution in [2.75, 3.05) is 18.6 Å². The van der Waals surface area contributed by atoms with Crippen LogP contribution in [0.4, 0.5) is 5.69 Å². The maximum absolute atomic E-state index is 7.00. The number of imidazole rings is 1. The van der Waals surface area contributed by atoms with E-state index in [1.807, 2.05) is 30.4 Å². The quantitative estimate of drug-likeness (QED) is 0.227. The van der Waals surface area contributed by atoms with Crippen molar-refractivity contribution in [2.45, 2.75) is 30.9 Å². The molecule has 4 N–H and O–H groups in total. The molecule has 4 rings (SSSR count). The largest absolute Gasteiger partial charge is 0.400 e. The number of hydrogen-bond donors (Lipinski definition) is 3. The number of aryl methyl sites for hydroxylation is 2. The molecule has 0 aliphatic heterocycles. The van der Waals surface area contributed by atoms with E-state index in [0.29, 0.717) is 0 Å². The van der Waals surface area contributed by atoms with E-state index in [1.54, 1.807) is 22.7 Å². The molecule has 29 heavy (non-hydrogen) atoms. The van der Waals surface area contributed by atoms with Crippen LogP contribution in [0.2, 0.25) is 0 Å². The average molecular weight is 449 g/mol. The second-order valence-corrected chi connectivity index (χ2v) is 9.70. The maximum Gasteiger partial charge on any atom is 0.251 e. The number of fused-ring (bicyclic) bond motifs is 1. The number of aromatic nitrogens is 4. The molecular weight excluding hydrogens is 422 g/mol. The number of nitrogens with zero attached hydrogens (tertiary/aromatic N) is 3. The zero-order valence-corrected chi connectivity index (χ0v) is 19.5. The maximum atomic E-state index is 7.00. The number of unbranched alkanes of at least 4 members (excludes halogenated alkanes) is 1. The molecule has 4 heterocycles. The summed E-state index contributed by atoms with van der Waals surface area (Å²) in [7, 11) is 3.04. The third-order valence-corrected chi connectivity index (χ3v) is 7.77. The van der Waals surface area contributed by atoms with Gasteiger partial charge in [0.2, 0.25) is 0 Å². The highest BCUT2D eigenvalue weighted by atomic mass is 32.2. The lowest BCUT2D eigenvalue weighted by Crippen LogP contribution is -2.27. The number of aliphatic hydroxyl groups is 1. The summed E-state index contributed by atoms with van der Waals surface area (Å²) in [5, 5.41) is 11.0. The normalized spacial score (nSPS) is 10.9. The molecule has 9 heteroatoms. The Labute approximate surface area is 182 Å². The highest BCUT2D eigenvalue weighted by Crippen LogP contribution is 2.45. The monoisotopic (exact) mass is 448 g/mol. The van der Waals surface area contributed by atoms with Crippen LogP contribution in [0.5, 0.6) is 0 Å². The van der Waals surface area contributed by atoms with Crippen LogP contribution < -0.4 is 10.3 Å². The average Bonchev–Trinajstić information content (AvgIpc) is 3.44. The molecule has 0 unspecified atom stereocenters. The zero-order chi connectivity index (χ0) is 21.0. The number of rotatable bonds is 6. The molecule has 0 spiro atoms. The van der Waals surface area contributed by atoms with E-state index in [0.717, 1.165) is 60.8 Å². The molecule has 0 amide bonds. The van der Waals surface area contributed by atoms with Gasteiger partial charge in [0, 0.05) is 36.6 Å². The van der Waals surface area contributed by atoms with Crippen molar-refractivity contribution < 1.29 is 9.67 Å². The molecule has 0 fully saturated rings. The number of H-pyrrole nitrogens is 1. The lowest BCUT2D eigenvalue weighted by atomic mass is 10.1. The van der Waals surface area contributed by atoms with Gasteiger partial charge >= 0.3 is 0 Å². The summed E-state index contributed by atoms with van der Waals surface area (Å²) < 4.78 is 3.25. The van der Waals surface area contributed by atoms with E-state index in [9.17, 15) is 0 Å². The van der Waals surface area contributed by atoms with E-state index < -0.39 is 0 Å². The Morgan fingerprint density at radius 1 is 1.34 bits per heavy atom. The molecule has 0 saturated heterocycles. The van der Waals surface area contributed by atoms with Gasteiger partial charge in [-0.05, 0) is 18.2 Å². The SMILES string of the molecule is CCCCSc1sc2nc(-c3nccs3)cc(-c3c[n+](C)c(C)[nH]3)c2c1N.CO. The summed E-state index contributed by atoms with van der Waals surface area (Å²) in [5.41, 5.74) is 10.5. The number of anilines is 1. The number of nitrogen functional groups attached to an aromatic ring is 1. The summed E-state index contributed by atoms with van der Waals surface area (Å²) >= 11 is 5.13. The van der Waals surface area contributed by atoms with Crippen molar-refractivity contribution in [3.8, 4) is 22.0 Å². The lowest BCUT2D eigenvalue weighted by molar-refractivity contribution is -0.676. The van der Waals surface area contributed by atoms with Crippen LogP contribution in [0.3, 0.4) is 0 Å². The molecule has 154 valence electrons. The lowest BCUT2D eigenvalue weighted by Gasteiger charge is -2.03. The van der Waals surface area contributed by atoms with Gasteiger partial charge in [0.05, 0.1) is 16.9 Å². The minimum absolute atomic E-state index is 0.846. The number of nitrogens with one attached hydrogen (secondary N) is 1. The molecule has 0 aliphatic carbocycles. The molecule has 0 aromatic carbocycles. The molecule has 0 aliphatic rings. The van der Waals surface area contributed by atoms with Gasteiger partial charge < -0.3 is 10.8 Å². The third kappa shape index (κ3) is 4.48. The smallest absolute Gasteiger partial charge is 0.251 e. The molecule has 4 aromatic rings. The summed E-state index contributed by atoms with van der Waals surface area (Å²) in [4.78, 5) is 13.8. The van der Waals surface area contributed by atoms with E-state index in [1.165, 1.54) is 12.8 Å². The first-order chi connectivity index (χ1) is 14.1. The Hall–Kier alpha value is -1.94. The van der Waals surface area contributed by atoms with Crippen LogP contribution in [-0.4, -0.2) is 32.9 Å². The second-order valence-electron chi connectivity index (χ2n) is 6.44. The van der Waals surface area contributed by atoms with Crippen LogP contribution in [0.15, 0.2) is 28.0 Å². The standard InChI is InChI=1S/C19H21N5S3.CH4O/c1-4-5-7-26-19-16(20)15-12(14-10-24(3)11(2)22-14)9-13(23-18(15)27-19)17-21-6-8-25-17;1-2/h6,8-10H,4-5,7,20H2,1-3H3;2H,1H3/p+1. The van der Waals surface area contributed by atoms with Gasteiger partial charge in [-0.25, -0.2) is 19.5 Å². The third-order valence-electron chi connectivity index (χ3n) is 4.50. The summed E-state index contributed by atoms with van der Waals surface area (Å²) in [6.07, 6.45) is 6.30. The Morgan fingerprint density at radius 2 is 2.14 bits per heavy atom. The fourth-order valence-electron chi connectivity index (χ4n) is 2.93. The highest BCUT2D eigenvalue weighted by molar-refractivity contribution is 8.01.